The number of carbonyl (C=O) groups is 1. The zero-order chi connectivity index (χ0) is 14.8. The molecule has 0 spiro atoms. The number of H-pyrrole nitrogens is 1. The molecule has 0 unspecified atom stereocenters. The average molecular weight is 351 g/mol. The molecular weight excluding hydrogens is 343 g/mol. The van der Waals surface area contributed by atoms with Gasteiger partial charge in [0.15, 0.2) is 11.6 Å². The van der Waals surface area contributed by atoms with Gasteiger partial charge in [0, 0.05) is 4.47 Å². The first kappa shape index (κ1) is 13.5. The summed E-state index contributed by atoms with van der Waals surface area (Å²) >= 11 is 3.18. The van der Waals surface area contributed by atoms with Crippen molar-refractivity contribution in [2.75, 3.05) is 5.32 Å². The Morgan fingerprint density at radius 3 is 3.00 bits per heavy atom. The largest absolute Gasteiger partial charge is 0.461 e. The number of furan rings is 1. The third-order valence-electron chi connectivity index (χ3n) is 2.64. The van der Waals surface area contributed by atoms with Crippen LogP contribution in [0.5, 0.6) is 0 Å². The van der Waals surface area contributed by atoms with E-state index in [0.717, 1.165) is 0 Å². The van der Waals surface area contributed by atoms with E-state index in [0.29, 0.717) is 16.1 Å². The van der Waals surface area contributed by atoms with Crippen molar-refractivity contribution >= 4 is 27.8 Å². The molecule has 2 N–H and O–H groups in total. The molecule has 0 fully saturated rings. The van der Waals surface area contributed by atoms with Crippen molar-refractivity contribution in [2.24, 2.45) is 0 Å². The van der Waals surface area contributed by atoms with Crippen LogP contribution in [0.25, 0.3) is 11.6 Å². The summed E-state index contributed by atoms with van der Waals surface area (Å²) < 4.78 is 19.3. The molecule has 0 atom stereocenters. The summed E-state index contributed by atoms with van der Waals surface area (Å²) in [4.78, 5) is 16.0. The zero-order valence-corrected chi connectivity index (χ0v) is 12.0. The summed E-state index contributed by atoms with van der Waals surface area (Å²) in [6.07, 6.45) is 1.49. The van der Waals surface area contributed by atoms with E-state index in [1.54, 1.807) is 12.1 Å². The highest BCUT2D eigenvalue weighted by atomic mass is 79.9. The molecule has 2 aromatic heterocycles. The summed E-state index contributed by atoms with van der Waals surface area (Å²) in [6.45, 7) is 0. The Kier molecular flexibility index (Phi) is 3.53. The van der Waals surface area contributed by atoms with Crippen LogP contribution in [0.1, 0.15) is 10.4 Å². The molecule has 6 nitrogen and oxygen atoms in total. The normalized spacial score (nSPS) is 10.6. The van der Waals surface area contributed by atoms with E-state index in [-0.39, 0.29) is 11.5 Å². The van der Waals surface area contributed by atoms with Crippen LogP contribution in [0, 0.1) is 5.82 Å². The molecule has 0 aliphatic rings. The fourth-order valence-corrected chi connectivity index (χ4v) is 2.04. The monoisotopic (exact) mass is 350 g/mol. The van der Waals surface area contributed by atoms with E-state index in [1.165, 1.54) is 24.5 Å². The first-order chi connectivity index (χ1) is 10.1. The van der Waals surface area contributed by atoms with Gasteiger partial charge in [-0.15, -0.1) is 5.10 Å². The van der Waals surface area contributed by atoms with E-state index in [9.17, 15) is 9.18 Å². The van der Waals surface area contributed by atoms with Gasteiger partial charge in [-0.2, -0.15) is 4.98 Å². The van der Waals surface area contributed by atoms with Gasteiger partial charge in [-0.05, 0) is 30.3 Å². The SMILES string of the molecule is O=C(Nc1n[nH]c(-c2ccco2)n1)c1cc(Br)ccc1F. The van der Waals surface area contributed by atoms with Crippen LogP contribution in [0.2, 0.25) is 0 Å². The Hall–Kier alpha value is -2.48. The summed E-state index contributed by atoms with van der Waals surface area (Å²) in [7, 11) is 0. The maximum Gasteiger partial charge on any atom is 0.261 e. The van der Waals surface area contributed by atoms with Crippen molar-refractivity contribution in [3.05, 3.63) is 52.4 Å². The number of amides is 1. The van der Waals surface area contributed by atoms with Crippen LogP contribution in [0.3, 0.4) is 0 Å². The predicted molar refractivity (Wildman–Crippen MR) is 76.1 cm³/mol. The van der Waals surface area contributed by atoms with Gasteiger partial charge in [-0.3, -0.25) is 15.2 Å². The third-order valence-corrected chi connectivity index (χ3v) is 3.13. The predicted octanol–water partition coefficient (Wildman–Crippen LogP) is 3.22. The summed E-state index contributed by atoms with van der Waals surface area (Å²) in [5.74, 6) is -0.385. The maximum absolute atomic E-state index is 13.6. The Morgan fingerprint density at radius 1 is 1.38 bits per heavy atom. The Labute approximate surface area is 126 Å². The lowest BCUT2D eigenvalue weighted by Gasteiger charge is -2.02. The fourth-order valence-electron chi connectivity index (χ4n) is 1.68. The molecule has 1 aromatic carbocycles. The number of hydrogen-bond donors (Lipinski definition) is 2. The van der Waals surface area contributed by atoms with Crippen LogP contribution >= 0.6 is 15.9 Å². The minimum absolute atomic E-state index is 0.0331. The molecule has 0 aliphatic carbocycles. The van der Waals surface area contributed by atoms with Crippen molar-refractivity contribution in [3.8, 4) is 11.6 Å². The van der Waals surface area contributed by atoms with Crippen LogP contribution < -0.4 is 5.32 Å². The molecular formula is C13H8BrFN4O2. The van der Waals surface area contributed by atoms with E-state index >= 15 is 0 Å². The Balaban J connectivity index is 1.80. The molecule has 0 radical (unpaired) electrons. The second-order valence-electron chi connectivity index (χ2n) is 4.06. The van der Waals surface area contributed by atoms with Gasteiger partial charge in [0.2, 0.25) is 5.95 Å². The minimum Gasteiger partial charge on any atom is -0.461 e. The number of aromatic nitrogens is 3. The van der Waals surface area contributed by atoms with Gasteiger partial charge in [0.1, 0.15) is 5.82 Å². The molecule has 8 heteroatoms. The Morgan fingerprint density at radius 2 is 2.24 bits per heavy atom. The highest BCUT2D eigenvalue weighted by Crippen LogP contribution is 2.18. The van der Waals surface area contributed by atoms with E-state index in [1.807, 2.05) is 0 Å². The highest BCUT2D eigenvalue weighted by Gasteiger charge is 2.15. The fraction of sp³-hybridized carbons (Fsp3) is 0. The van der Waals surface area contributed by atoms with Gasteiger partial charge in [-0.1, -0.05) is 15.9 Å². The quantitative estimate of drug-likeness (QED) is 0.759. The number of anilines is 1. The first-order valence-corrected chi connectivity index (χ1v) is 6.65. The summed E-state index contributed by atoms with van der Waals surface area (Å²) in [5, 5.41) is 8.86. The molecule has 1 amide bonds. The van der Waals surface area contributed by atoms with Crippen molar-refractivity contribution in [1.82, 2.24) is 15.2 Å². The number of nitrogens with one attached hydrogen (secondary N) is 2. The van der Waals surface area contributed by atoms with E-state index < -0.39 is 11.7 Å². The number of carbonyl (C=O) groups excluding carboxylic acids is 1. The second kappa shape index (κ2) is 5.49. The highest BCUT2D eigenvalue weighted by molar-refractivity contribution is 9.10. The number of benzene rings is 1. The number of nitrogens with zero attached hydrogens (tertiary/aromatic N) is 2. The van der Waals surface area contributed by atoms with E-state index in [4.69, 9.17) is 4.42 Å². The first-order valence-electron chi connectivity index (χ1n) is 5.86. The van der Waals surface area contributed by atoms with Crippen LogP contribution in [-0.4, -0.2) is 21.1 Å². The smallest absolute Gasteiger partial charge is 0.261 e. The summed E-state index contributed by atoms with van der Waals surface area (Å²) in [5.41, 5.74) is -0.103. The van der Waals surface area contributed by atoms with Crippen LogP contribution in [-0.2, 0) is 0 Å². The molecule has 0 bridgehead atoms. The van der Waals surface area contributed by atoms with Gasteiger partial charge in [-0.25, -0.2) is 4.39 Å². The molecule has 106 valence electrons. The zero-order valence-electron chi connectivity index (χ0n) is 10.4. The van der Waals surface area contributed by atoms with Crippen molar-refractivity contribution in [1.29, 1.82) is 0 Å². The van der Waals surface area contributed by atoms with Crippen LogP contribution in [0.4, 0.5) is 10.3 Å². The maximum atomic E-state index is 13.6. The van der Waals surface area contributed by atoms with Gasteiger partial charge < -0.3 is 4.42 Å². The number of aromatic amines is 1. The van der Waals surface area contributed by atoms with Crippen molar-refractivity contribution < 1.29 is 13.6 Å². The Bertz CT molecular complexity index is 785. The van der Waals surface area contributed by atoms with Crippen molar-refractivity contribution in [2.45, 2.75) is 0 Å². The topological polar surface area (TPSA) is 83.8 Å². The van der Waals surface area contributed by atoms with Crippen LogP contribution in [0.15, 0.2) is 45.5 Å². The molecule has 0 saturated carbocycles. The van der Waals surface area contributed by atoms with Gasteiger partial charge in [0.05, 0.1) is 11.8 Å². The van der Waals surface area contributed by atoms with Crippen molar-refractivity contribution in [3.63, 3.8) is 0 Å². The average Bonchev–Trinajstić information content (AvgIpc) is 3.11. The van der Waals surface area contributed by atoms with E-state index in [2.05, 4.69) is 36.4 Å². The lowest BCUT2D eigenvalue weighted by Crippen LogP contribution is -2.14. The summed E-state index contributed by atoms with van der Waals surface area (Å²) in [6, 6.07) is 7.48. The number of rotatable bonds is 3. The van der Waals surface area contributed by atoms with Gasteiger partial charge in [0.25, 0.3) is 5.91 Å². The van der Waals surface area contributed by atoms with Gasteiger partial charge >= 0.3 is 0 Å². The third kappa shape index (κ3) is 2.84. The number of halogens is 2. The molecule has 2 heterocycles. The standard InChI is InChI=1S/C13H8BrFN4O2/c14-7-3-4-9(15)8(6-7)12(20)17-13-16-11(18-19-13)10-2-1-5-21-10/h1-6H,(H2,16,17,18,19,20). The molecule has 0 aliphatic heterocycles. The molecule has 3 aromatic rings. The minimum atomic E-state index is -0.640. The molecule has 3 rings (SSSR count). The molecule has 21 heavy (non-hydrogen) atoms. The number of hydrogen-bond acceptors (Lipinski definition) is 4. The molecule has 0 saturated heterocycles. The lowest BCUT2D eigenvalue weighted by atomic mass is 10.2. The lowest BCUT2D eigenvalue weighted by molar-refractivity contribution is 0.102. The second-order valence-corrected chi connectivity index (χ2v) is 4.98.